The van der Waals surface area contributed by atoms with Crippen molar-refractivity contribution in [3.05, 3.63) is 59.8 Å². The smallest absolute Gasteiger partial charge is 0.319 e. The van der Waals surface area contributed by atoms with E-state index in [-0.39, 0.29) is 58.0 Å². The molecule has 2 bridgehead atoms. The van der Waals surface area contributed by atoms with Crippen molar-refractivity contribution in [2.75, 3.05) is 57.9 Å². The molecule has 0 aliphatic carbocycles. The summed E-state index contributed by atoms with van der Waals surface area (Å²) in [4.78, 5) is 16.7. The fraction of sp³-hybridized carbons (Fsp3) is 0.439. The maximum atomic E-state index is 17.8. The maximum absolute atomic E-state index is 17.8. The van der Waals surface area contributed by atoms with Gasteiger partial charge in [-0.25, -0.2) is 13.2 Å². The Kier molecular flexibility index (Phi) is 8.48. The number of fused-ring (bicyclic) bond motifs is 7. The van der Waals surface area contributed by atoms with Gasteiger partial charge in [0.25, 0.3) is 0 Å². The number of phenolic OH excluding ortho intramolecular Hbond substituents is 1. The van der Waals surface area contributed by atoms with Crippen molar-refractivity contribution < 1.29 is 27.8 Å². The standard InChI is InChI=1S/C41H42F3N7O3/c1-5-29-32(43)10-7-24-13-28(52)14-30(33(24)29)34-36(44)38-35(31-21-48(3)47-37(31)34)39(51-26-8-9-27(51)20-49(19-26)11-6-12-53-4)46-40(45-38)54-22-41-15-23(2)17-50(41)18-25(42)16-41/h1,7,10,13-14,21,25-27,52H,2,6,8-9,11-12,15-20,22H2,3-4H3/t25-,26-,27+,41+/m0/s1. The van der Waals surface area contributed by atoms with E-state index in [1.54, 1.807) is 18.8 Å². The number of anilines is 1. The molecule has 10 nitrogen and oxygen atoms in total. The second-order valence-corrected chi connectivity index (χ2v) is 15.5. The molecule has 0 spiro atoms. The highest BCUT2D eigenvalue weighted by molar-refractivity contribution is 6.18. The van der Waals surface area contributed by atoms with Crippen molar-refractivity contribution in [3.8, 4) is 35.2 Å². The van der Waals surface area contributed by atoms with Crippen LogP contribution in [-0.4, -0.2) is 111 Å². The fourth-order valence-corrected chi connectivity index (χ4v) is 9.77. The molecule has 4 aliphatic heterocycles. The van der Waals surface area contributed by atoms with Gasteiger partial charge in [0.15, 0.2) is 5.82 Å². The Balaban J connectivity index is 1.25. The highest BCUT2D eigenvalue weighted by Gasteiger charge is 2.51. The molecule has 4 fully saturated rings. The van der Waals surface area contributed by atoms with Gasteiger partial charge in [-0.05, 0) is 54.8 Å². The van der Waals surface area contributed by atoms with E-state index >= 15 is 8.78 Å². The number of terminal acetylenes is 1. The average Bonchev–Trinajstić information content (AvgIpc) is 3.83. The first kappa shape index (κ1) is 34.8. The van der Waals surface area contributed by atoms with Gasteiger partial charge >= 0.3 is 6.01 Å². The molecule has 4 saturated heterocycles. The van der Waals surface area contributed by atoms with Crippen LogP contribution in [0.25, 0.3) is 43.7 Å². The third-order valence-electron chi connectivity index (χ3n) is 11.9. The molecular formula is C41H42F3N7O3. The van der Waals surface area contributed by atoms with E-state index in [9.17, 15) is 9.50 Å². The number of hydrogen-bond acceptors (Lipinski definition) is 9. The Bertz CT molecular complexity index is 2380. The van der Waals surface area contributed by atoms with Gasteiger partial charge in [-0.2, -0.15) is 15.1 Å². The molecule has 0 radical (unpaired) electrons. The zero-order valence-electron chi connectivity index (χ0n) is 30.4. The van der Waals surface area contributed by atoms with Crippen LogP contribution >= 0.6 is 0 Å². The van der Waals surface area contributed by atoms with Crippen molar-refractivity contribution in [2.24, 2.45) is 7.05 Å². The minimum Gasteiger partial charge on any atom is -0.508 e. The Morgan fingerprint density at radius 3 is 2.65 bits per heavy atom. The average molecular weight is 738 g/mol. The van der Waals surface area contributed by atoms with E-state index < -0.39 is 23.3 Å². The molecule has 0 saturated carbocycles. The molecule has 6 heterocycles. The number of piperazine rings is 1. The molecule has 54 heavy (non-hydrogen) atoms. The van der Waals surface area contributed by atoms with Crippen LogP contribution in [0.5, 0.6) is 11.8 Å². The topological polar surface area (TPSA) is 92.0 Å². The summed E-state index contributed by atoms with van der Waals surface area (Å²) < 4.78 is 61.2. The van der Waals surface area contributed by atoms with Gasteiger partial charge in [0.05, 0.1) is 16.5 Å². The van der Waals surface area contributed by atoms with Gasteiger partial charge in [0.1, 0.15) is 41.2 Å². The molecule has 1 N–H and O–H groups in total. The molecule has 2 aromatic heterocycles. The number of alkyl halides is 1. The number of nitrogens with zero attached hydrogens (tertiary/aromatic N) is 7. The number of benzene rings is 3. The number of phenols is 1. The molecule has 0 amide bonds. The lowest BCUT2D eigenvalue weighted by atomic mass is 9.91. The first-order valence-corrected chi connectivity index (χ1v) is 18.5. The molecule has 0 unspecified atom stereocenters. The van der Waals surface area contributed by atoms with Crippen LogP contribution in [-0.2, 0) is 11.8 Å². The highest BCUT2D eigenvalue weighted by atomic mass is 19.1. The lowest BCUT2D eigenvalue weighted by molar-refractivity contribution is 0.107. The number of halogens is 3. The maximum Gasteiger partial charge on any atom is 0.319 e. The van der Waals surface area contributed by atoms with Gasteiger partial charge in [0, 0.05) is 94.5 Å². The van der Waals surface area contributed by atoms with Crippen LogP contribution in [0.2, 0.25) is 0 Å². The van der Waals surface area contributed by atoms with Crippen LogP contribution in [0.3, 0.4) is 0 Å². The summed E-state index contributed by atoms with van der Waals surface area (Å²) in [7, 11) is 3.46. The number of methoxy groups -OCH3 is 1. The monoisotopic (exact) mass is 737 g/mol. The molecule has 4 aliphatic rings. The van der Waals surface area contributed by atoms with Crippen molar-refractivity contribution in [3.63, 3.8) is 0 Å². The fourth-order valence-electron chi connectivity index (χ4n) is 9.77. The number of aryl methyl sites for hydroxylation is 1. The largest absolute Gasteiger partial charge is 0.508 e. The SMILES string of the molecule is C#Cc1c(F)ccc2cc(O)cc(-c3c(F)c4nc(OC[C@]56CC(=C)CN5C[C@@H](F)C6)nc(N5[C@@H]6CC[C@H]5CN(CCCOC)C6)c4c4cn(C)nc34)c12. The van der Waals surface area contributed by atoms with E-state index in [4.69, 9.17) is 31.0 Å². The third-order valence-corrected chi connectivity index (χ3v) is 11.9. The normalized spacial score (nSPS) is 24.3. The van der Waals surface area contributed by atoms with E-state index in [1.807, 2.05) is 6.20 Å². The lowest BCUT2D eigenvalue weighted by Crippen LogP contribution is -2.54. The summed E-state index contributed by atoms with van der Waals surface area (Å²) in [6.45, 7) is 8.42. The molecule has 280 valence electrons. The van der Waals surface area contributed by atoms with Crippen molar-refractivity contribution in [1.29, 1.82) is 0 Å². The summed E-state index contributed by atoms with van der Waals surface area (Å²) in [6.07, 6.45) is 10.4. The molecule has 13 heteroatoms. The quantitative estimate of drug-likeness (QED) is 0.109. The van der Waals surface area contributed by atoms with Crippen LogP contribution < -0.4 is 9.64 Å². The zero-order valence-corrected chi connectivity index (χ0v) is 30.4. The molecule has 9 rings (SSSR count). The zero-order chi connectivity index (χ0) is 37.5. The van der Waals surface area contributed by atoms with Gasteiger partial charge in [-0.15, -0.1) is 6.42 Å². The summed E-state index contributed by atoms with van der Waals surface area (Å²) >= 11 is 0. The Morgan fingerprint density at radius 2 is 1.89 bits per heavy atom. The number of ether oxygens (including phenoxy) is 2. The first-order valence-electron chi connectivity index (χ1n) is 18.5. The predicted molar refractivity (Wildman–Crippen MR) is 202 cm³/mol. The molecule has 3 aromatic carbocycles. The third kappa shape index (κ3) is 5.57. The van der Waals surface area contributed by atoms with Gasteiger partial charge in [-0.3, -0.25) is 14.5 Å². The van der Waals surface area contributed by atoms with E-state index in [0.29, 0.717) is 60.0 Å². The first-order chi connectivity index (χ1) is 26.1. The predicted octanol–water partition coefficient (Wildman–Crippen LogP) is 6.11. The minimum absolute atomic E-state index is 0.00237. The van der Waals surface area contributed by atoms with E-state index in [1.165, 1.54) is 24.3 Å². The minimum atomic E-state index is -0.987. The van der Waals surface area contributed by atoms with Gasteiger partial charge in [0.2, 0.25) is 0 Å². The second kappa shape index (κ2) is 13.1. The summed E-state index contributed by atoms with van der Waals surface area (Å²) in [5, 5.41) is 17.4. The number of likely N-dealkylation sites (tertiary alicyclic amines) is 1. The summed E-state index contributed by atoms with van der Waals surface area (Å²) in [5.74, 6) is 1.48. The number of rotatable bonds is 9. The number of aromatic nitrogens is 4. The Hall–Kier alpha value is -4.90. The Morgan fingerprint density at radius 1 is 1.09 bits per heavy atom. The second-order valence-electron chi connectivity index (χ2n) is 15.5. The van der Waals surface area contributed by atoms with Crippen molar-refractivity contribution in [2.45, 2.75) is 55.9 Å². The highest BCUT2D eigenvalue weighted by Crippen LogP contribution is 2.47. The van der Waals surface area contributed by atoms with E-state index in [0.717, 1.165) is 44.5 Å². The molecule has 4 atom stereocenters. The molecule has 5 aromatic rings. The Labute approximate surface area is 311 Å². The number of hydrogen-bond donors (Lipinski definition) is 1. The lowest BCUT2D eigenvalue weighted by Gasteiger charge is -2.42. The van der Waals surface area contributed by atoms with Crippen LogP contribution in [0.4, 0.5) is 19.0 Å². The van der Waals surface area contributed by atoms with Crippen LogP contribution in [0.15, 0.2) is 42.6 Å². The van der Waals surface area contributed by atoms with E-state index in [2.05, 4.69) is 27.2 Å². The summed E-state index contributed by atoms with van der Waals surface area (Å²) in [5.41, 5.74) is 0.883. The van der Waals surface area contributed by atoms with Crippen molar-refractivity contribution in [1.82, 2.24) is 29.5 Å². The molecular weight excluding hydrogens is 695 g/mol. The van der Waals surface area contributed by atoms with Gasteiger partial charge < -0.3 is 19.5 Å². The van der Waals surface area contributed by atoms with Crippen molar-refractivity contribution >= 4 is 38.4 Å². The van der Waals surface area contributed by atoms with Crippen LogP contribution in [0, 0.1) is 24.0 Å². The summed E-state index contributed by atoms with van der Waals surface area (Å²) in [6, 6.07) is 5.80. The number of aromatic hydroxyl groups is 1. The van der Waals surface area contributed by atoms with Crippen LogP contribution in [0.1, 0.15) is 37.7 Å². The van der Waals surface area contributed by atoms with Gasteiger partial charge in [-0.1, -0.05) is 24.1 Å².